The molecular formula is C19H17NO5. The van der Waals surface area contributed by atoms with Gasteiger partial charge in [0.15, 0.2) is 0 Å². The molecule has 6 nitrogen and oxygen atoms in total. The molecule has 2 aromatic rings. The van der Waals surface area contributed by atoms with E-state index >= 15 is 0 Å². The first-order chi connectivity index (χ1) is 12.0. The molecule has 1 aliphatic rings. The van der Waals surface area contributed by atoms with Gasteiger partial charge in [0, 0.05) is 5.69 Å². The topological polar surface area (TPSA) is 81.7 Å². The molecule has 1 atom stereocenters. The number of carbonyl (C=O) groups is 3. The van der Waals surface area contributed by atoms with Gasteiger partial charge in [-0.1, -0.05) is 12.1 Å². The molecule has 0 saturated heterocycles. The van der Waals surface area contributed by atoms with E-state index in [0.29, 0.717) is 29.0 Å². The van der Waals surface area contributed by atoms with Crippen molar-refractivity contribution in [3.8, 4) is 5.75 Å². The maximum atomic E-state index is 12.4. The summed E-state index contributed by atoms with van der Waals surface area (Å²) >= 11 is 0. The predicted octanol–water partition coefficient (Wildman–Crippen LogP) is 2.33. The number of benzene rings is 2. The molecule has 6 heteroatoms. The lowest BCUT2D eigenvalue weighted by Gasteiger charge is -2.25. The minimum Gasteiger partial charge on any atom is -0.497 e. The molecule has 1 N–H and O–H groups in total. The second-order valence-electron chi connectivity index (χ2n) is 5.72. The Balaban J connectivity index is 1.98. The van der Waals surface area contributed by atoms with Crippen LogP contribution in [0.3, 0.4) is 0 Å². The number of anilines is 1. The van der Waals surface area contributed by atoms with Gasteiger partial charge in [0.1, 0.15) is 5.75 Å². The van der Waals surface area contributed by atoms with Gasteiger partial charge in [-0.05, 0) is 47.9 Å². The van der Waals surface area contributed by atoms with Gasteiger partial charge < -0.3 is 14.8 Å². The molecule has 25 heavy (non-hydrogen) atoms. The zero-order valence-corrected chi connectivity index (χ0v) is 13.9. The second kappa shape index (κ2) is 6.76. The van der Waals surface area contributed by atoms with Crippen molar-refractivity contribution in [3.05, 3.63) is 59.2 Å². The Morgan fingerprint density at radius 1 is 1.08 bits per heavy atom. The number of rotatable bonds is 4. The number of ether oxygens (including phenoxy) is 2. The molecule has 1 unspecified atom stereocenters. The van der Waals surface area contributed by atoms with E-state index in [1.807, 2.05) is 12.1 Å². The summed E-state index contributed by atoms with van der Waals surface area (Å²) < 4.78 is 9.85. The lowest BCUT2D eigenvalue weighted by atomic mass is 9.84. The standard InChI is InChI=1S/C19H17NO5/c1-24-13-6-3-11(4-7-13)9-15-14-10-12(19(23)25-2)5-8-16(14)20-18(22)17(15)21/h3-8,10,15H,9H2,1-2H3,(H,20,22). The molecule has 0 radical (unpaired) electrons. The number of fused-ring (bicyclic) bond motifs is 1. The molecule has 2 aromatic carbocycles. The van der Waals surface area contributed by atoms with E-state index in [1.165, 1.54) is 7.11 Å². The zero-order chi connectivity index (χ0) is 18.0. The maximum Gasteiger partial charge on any atom is 0.337 e. The first kappa shape index (κ1) is 16.7. The van der Waals surface area contributed by atoms with E-state index in [1.54, 1.807) is 37.4 Å². The smallest absolute Gasteiger partial charge is 0.337 e. The third-order valence-corrected chi connectivity index (χ3v) is 4.24. The number of nitrogens with one attached hydrogen (secondary N) is 1. The van der Waals surface area contributed by atoms with Crippen LogP contribution in [0.15, 0.2) is 42.5 Å². The highest BCUT2D eigenvalue weighted by Crippen LogP contribution is 2.34. The zero-order valence-electron chi connectivity index (χ0n) is 13.9. The Labute approximate surface area is 144 Å². The molecule has 0 bridgehead atoms. The van der Waals surface area contributed by atoms with Crippen LogP contribution in [0.1, 0.15) is 27.4 Å². The van der Waals surface area contributed by atoms with E-state index in [4.69, 9.17) is 9.47 Å². The summed E-state index contributed by atoms with van der Waals surface area (Å²) in [6.45, 7) is 0. The van der Waals surface area contributed by atoms with Crippen LogP contribution in [0.5, 0.6) is 5.75 Å². The van der Waals surface area contributed by atoms with Crippen molar-refractivity contribution in [2.75, 3.05) is 19.5 Å². The van der Waals surface area contributed by atoms with Gasteiger partial charge in [-0.25, -0.2) is 4.79 Å². The van der Waals surface area contributed by atoms with Crippen LogP contribution in [-0.4, -0.2) is 31.9 Å². The fourth-order valence-electron chi connectivity index (χ4n) is 2.89. The Morgan fingerprint density at radius 3 is 2.44 bits per heavy atom. The van der Waals surface area contributed by atoms with Crippen molar-refractivity contribution in [1.82, 2.24) is 0 Å². The van der Waals surface area contributed by atoms with Crippen molar-refractivity contribution in [1.29, 1.82) is 0 Å². The van der Waals surface area contributed by atoms with E-state index in [9.17, 15) is 14.4 Å². The monoisotopic (exact) mass is 339 g/mol. The first-order valence-electron chi connectivity index (χ1n) is 7.74. The molecule has 1 amide bonds. The molecule has 0 aromatic heterocycles. The number of carbonyl (C=O) groups excluding carboxylic acids is 3. The van der Waals surface area contributed by atoms with Gasteiger partial charge in [0.05, 0.1) is 25.7 Å². The van der Waals surface area contributed by atoms with Crippen molar-refractivity contribution >= 4 is 23.3 Å². The lowest BCUT2D eigenvalue weighted by molar-refractivity contribution is -0.136. The molecule has 0 fully saturated rings. The number of hydrogen-bond donors (Lipinski definition) is 1. The summed E-state index contributed by atoms with van der Waals surface area (Å²) in [6.07, 6.45) is 0.355. The summed E-state index contributed by atoms with van der Waals surface area (Å²) in [5.74, 6) is -1.59. The van der Waals surface area contributed by atoms with Crippen LogP contribution in [0.2, 0.25) is 0 Å². The summed E-state index contributed by atoms with van der Waals surface area (Å²) in [5.41, 5.74) is 2.38. The molecule has 0 spiro atoms. The van der Waals surface area contributed by atoms with E-state index in [-0.39, 0.29) is 0 Å². The van der Waals surface area contributed by atoms with Crippen molar-refractivity contribution in [2.45, 2.75) is 12.3 Å². The number of ketones is 1. The number of methoxy groups -OCH3 is 2. The van der Waals surface area contributed by atoms with Gasteiger partial charge in [0.25, 0.3) is 5.91 Å². The molecule has 0 saturated carbocycles. The Hall–Kier alpha value is -3.15. The first-order valence-corrected chi connectivity index (χ1v) is 7.74. The van der Waals surface area contributed by atoms with Crippen LogP contribution in [0.25, 0.3) is 0 Å². The van der Waals surface area contributed by atoms with Crippen LogP contribution >= 0.6 is 0 Å². The Bertz CT molecular complexity index is 841. The van der Waals surface area contributed by atoms with Gasteiger partial charge >= 0.3 is 5.97 Å². The average molecular weight is 339 g/mol. The minimum absolute atomic E-state index is 0.338. The fourth-order valence-corrected chi connectivity index (χ4v) is 2.89. The quantitative estimate of drug-likeness (QED) is 0.683. The normalized spacial score (nSPS) is 16.0. The average Bonchev–Trinajstić information content (AvgIpc) is 2.65. The third-order valence-electron chi connectivity index (χ3n) is 4.24. The molecule has 128 valence electrons. The summed E-state index contributed by atoms with van der Waals surface area (Å²) in [6, 6.07) is 12.1. The fraction of sp³-hybridized carbons (Fsp3) is 0.211. The van der Waals surface area contributed by atoms with Crippen molar-refractivity contribution in [2.24, 2.45) is 0 Å². The van der Waals surface area contributed by atoms with E-state index < -0.39 is 23.6 Å². The largest absolute Gasteiger partial charge is 0.497 e. The summed E-state index contributed by atoms with van der Waals surface area (Å²) in [5, 5.41) is 2.57. The molecule has 3 rings (SSSR count). The second-order valence-corrected chi connectivity index (χ2v) is 5.72. The summed E-state index contributed by atoms with van der Waals surface area (Å²) in [4.78, 5) is 36.1. The van der Waals surface area contributed by atoms with Crippen molar-refractivity contribution < 1.29 is 23.9 Å². The highest BCUT2D eigenvalue weighted by molar-refractivity contribution is 6.44. The van der Waals surface area contributed by atoms with Gasteiger partial charge in [-0.15, -0.1) is 0 Å². The van der Waals surface area contributed by atoms with Gasteiger partial charge in [-0.2, -0.15) is 0 Å². The molecule has 0 aliphatic carbocycles. The number of hydrogen-bond acceptors (Lipinski definition) is 5. The minimum atomic E-state index is -0.651. The molecule has 1 aliphatic heterocycles. The third kappa shape index (κ3) is 3.24. The van der Waals surface area contributed by atoms with Crippen LogP contribution < -0.4 is 10.1 Å². The number of amides is 1. The van der Waals surface area contributed by atoms with Crippen LogP contribution in [-0.2, 0) is 20.7 Å². The van der Waals surface area contributed by atoms with Gasteiger partial charge in [0.2, 0.25) is 5.78 Å². The van der Waals surface area contributed by atoms with Crippen LogP contribution in [0, 0.1) is 0 Å². The predicted molar refractivity (Wildman–Crippen MR) is 90.9 cm³/mol. The molecule has 1 heterocycles. The van der Waals surface area contributed by atoms with Gasteiger partial charge in [-0.3, -0.25) is 9.59 Å². The highest BCUT2D eigenvalue weighted by atomic mass is 16.5. The lowest BCUT2D eigenvalue weighted by Crippen LogP contribution is -2.35. The highest BCUT2D eigenvalue weighted by Gasteiger charge is 2.34. The Kier molecular flexibility index (Phi) is 4.52. The Morgan fingerprint density at radius 2 is 1.80 bits per heavy atom. The van der Waals surface area contributed by atoms with E-state index in [2.05, 4.69) is 5.32 Å². The molecular weight excluding hydrogens is 322 g/mol. The van der Waals surface area contributed by atoms with E-state index in [0.717, 1.165) is 5.56 Å². The number of esters is 1. The number of Topliss-reactive ketones (excluding diaryl/α,β-unsaturated/α-hetero) is 1. The SMILES string of the molecule is COC(=O)c1ccc2c(c1)C(Cc1ccc(OC)cc1)C(=O)C(=O)N2. The summed E-state index contributed by atoms with van der Waals surface area (Å²) in [7, 11) is 2.87. The van der Waals surface area contributed by atoms with Crippen molar-refractivity contribution in [3.63, 3.8) is 0 Å². The maximum absolute atomic E-state index is 12.4. The van der Waals surface area contributed by atoms with Crippen LogP contribution in [0.4, 0.5) is 5.69 Å².